The predicted molar refractivity (Wildman–Crippen MR) is 139 cm³/mol. The van der Waals surface area contributed by atoms with Gasteiger partial charge in [-0.3, -0.25) is 15.5 Å². The number of nitro groups is 1. The first-order valence-corrected chi connectivity index (χ1v) is 13.7. The lowest BCUT2D eigenvalue weighted by Gasteiger charge is -2.26. The van der Waals surface area contributed by atoms with Gasteiger partial charge in [0.25, 0.3) is 5.69 Å². The van der Waals surface area contributed by atoms with Crippen LogP contribution >= 0.6 is 0 Å². The van der Waals surface area contributed by atoms with Crippen LogP contribution in [0.5, 0.6) is 5.75 Å². The number of nitrogens with zero attached hydrogens (tertiary/aromatic N) is 3. The van der Waals surface area contributed by atoms with Crippen LogP contribution in [0.1, 0.15) is 51.0 Å². The molecule has 2 aromatic rings. The van der Waals surface area contributed by atoms with Gasteiger partial charge in [-0.25, -0.2) is 8.42 Å². The Morgan fingerprint density at radius 2 is 1.78 bits per heavy atom. The fraction of sp³-hybridized carbons (Fsp3) is 0.480. The van der Waals surface area contributed by atoms with E-state index in [4.69, 9.17) is 9.47 Å². The molecule has 0 radical (unpaired) electrons. The number of hydrogen-bond donors (Lipinski definition) is 1. The SMILES string of the molecule is CCCCCCCCOc1ccc(/C=N/Nc2ccc(S(=O)(=O)N3CCOCC3)cc2[N+](=O)[O-])cc1. The quantitative estimate of drug-likeness (QED) is 0.165. The summed E-state index contributed by atoms with van der Waals surface area (Å²) in [6.07, 6.45) is 8.77. The molecule has 2 aromatic carbocycles. The summed E-state index contributed by atoms with van der Waals surface area (Å²) in [6, 6.07) is 11.1. The maximum absolute atomic E-state index is 12.8. The number of ether oxygens (including phenoxy) is 2. The van der Waals surface area contributed by atoms with Crippen molar-refractivity contribution in [2.24, 2.45) is 5.10 Å². The Balaban J connectivity index is 1.56. The number of anilines is 1. The van der Waals surface area contributed by atoms with Crippen LogP contribution < -0.4 is 10.2 Å². The number of sulfonamides is 1. The molecular weight excluding hydrogens is 484 g/mol. The lowest BCUT2D eigenvalue weighted by atomic mass is 10.1. The molecule has 196 valence electrons. The molecule has 1 fully saturated rings. The minimum Gasteiger partial charge on any atom is -0.494 e. The summed E-state index contributed by atoms with van der Waals surface area (Å²) >= 11 is 0. The molecule has 1 aliphatic heterocycles. The van der Waals surface area contributed by atoms with Gasteiger partial charge in [0.2, 0.25) is 10.0 Å². The van der Waals surface area contributed by atoms with Gasteiger partial charge in [0.1, 0.15) is 11.4 Å². The molecule has 0 aromatic heterocycles. The normalized spacial score (nSPS) is 14.7. The van der Waals surface area contributed by atoms with E-state index in [2.05, 4.69) is 17.5 Å². The van der Waals surface area contributed by atoms with Gasteiger partial charge in [-0.05, 0) is 48.4 Å². The summed E-state index contributed by atoms with van der Waals surface area (Å²) in [6.45, 7) is 3.90. The molecule has 11 heteroatoms. The van der Waals surface area contributed by atoms with Crippen LogP contribution in [0.25, 0.3) is 0 Å². The summed E-state index contributed by atoms with van der Waals surface area (Å²) in [5.74, 6) is 0.779. The molecule has 10 nitrogen and oxygen atoms in total. The second-order valence-electron chi connectivity index (χ2n) is 8.51. The van der Waals surface area contributed by atoms with Gasteiger partial charge in [0, 0.05) is 19.2 Å². The molecule has 1 heterocycles. The lowest BCUT2D eigenvalue weighted by Crippen LogP contribution is -2.40. The molecule has 3 rings (SSSR count). The number of hydrogen-bond acceptors (Lipinski definition) is 8. The number of nitro benzene ring substituents is 1. The Bertz CT molecular complexity index is 1120. The number of nitrogens with one attached hydrogen (secondary N) is 1. The first-order chi connectivity index (χ1) is 17.4. The lowest BCUT2D eigenvalue weighted by molar-refractivity contribution is -0.384. The number of hydrazone groups is 1. The van der Waals surface area contributed by atoms with Gasteiger partial charge < -0.3 is 9.47 Å². The molecule has 1 aliphatic rings. The van der Waals surface area contributed by atoms with E-state index in [9.17, 15) is 18.5 Å². The van der Waals surface area contributed by atoms with Crippen molar-refractivity contribution in [3.8, 4) is 5.75 Å². The van der Waals surface area contributed by atoms with E-state index in [0.717, 1.165) is 23.8 Å². The predicted octanol–water partition coefficient (Wildman–Crippen LogP) is 4.80. The average molecular weight is 519 g/mol. The zero-order valence-electron chi connectivity index (χ0n) is 20.6. The molecule has 0 spiro atoms. The van der Waals surface area contributed by atoms with Crippen molar-refractivity contribution in [2.75, 3.05) is 38.3 Å². The van der Waals surface area contributed by atoms with Crippen molar-refractivity contribution >= 4 is 27.6 Å². The molecule has 0 saturated carbocycles. The fourth-order valence-electron chi connectivity index (χ4n) is 3.75. The third kappa shape index (κ3) is 8.00. The third-order valence-electron chi connectivity index (χ3n) is 5.82. The molecule has 1 saturated heterocycles. The zero-order chi connectivity index (χ0) is 25.8. The zero-order valence-corrected chi connectivity index (χ0v) is 21.4. The molecular formula is C25H34N4O6S. The van der Waals surface area contributed by atoms with E-state index >= 15 is 0 Å². The van der Waals surface area contributed by atoms with Crippen LogP contribution in [-0.2, 0) is 14.8 Å². The summed E-state index contributed by atoms with van der Waals surface area (Å²) in [5.41, 5.74) is 3.15. The van der Waals surface area contributed by atoms with Gasteiger partial charge in [-0.1, -0.05) is 39.0 Å². The Hall–Kier alpha value is -3.02. The first-order valence-electron chi connectivity index (χ1n) is 12.3. The molecule has 0 aliphatic carbocycles. The minimum atomic E-state index is -3.85. The van der Waals surface area contributed by atoms with Crippen LogP contribution in [0.15, 0.2) is 52.5 Å². The highest BCUT2D eigenvalue weighted by molar-refractivity contribution is 7.89. The van der Waals surface area contributed by atoms with Gasteiger partial charge in [0.05, 0.1) is 35.9 Å². The van der Waals surface area contributed by atoms with Crippen LogP contribution in [0.3, 0.4) is 0 Å². The van der Waals surface area contributed by atoms with E-state index < -0.39 is 14.9 Å². The van der Waals surface area contributed by atoms with Crippen molar-refractivity contribution < 1.29 is 22.8 Å². The number of rotatable bonds is 14. The van der Waals surface area contributed by atoms with E-state index in [1.165, 1.54) is 54.8 Å². The Kier molecular flexibility index (Phi) is 10.6. The van der Waals surface area contributed by atoms with Gasteiger partial charge in [-0.2, -0.15) is 9.41 Å². The molecule has 36 heavy (non-hydrogen) atoms. The standard InChI is InChI=1S/C25H34N4O6S/c1-2-3-4-5-6-7-16-35-22-10-8-21(9-11-22)20-26-27-24-13-12-23(19-25(24)29(30)31)36(32,33)28-14-17-34-18-15-28/h8-13,19-20,27H,2-7,14-18H2,1H3/b26-20+. The number of morpholine rings is 1. The maximum atomic E-state index is 12.8. The number of benzene rings is 2. The average Bonchev–Trinajstić information content (AvgIpc) is 2.89. The topological polar surface area (TPSA) is 123 Å². The fourth-order valence-corrected chi connectivity index (χ4v) is 5.18. The monoisotopic (exact) mass is 518 g/mol. The maximum Gasteiger partial charge on any atom is 0.295 e. The van der Waals surface area contributed by atoms with Crippen molar-refractivity contribution in [3.05, 3.63) is 58.1 Å². The van der Waals surface area contributed by atoms with E-state index in [-0.39, 0.29) is 29.4 Å². The minimum absolute atomic E-state index is 0.0936. The molecule has 0 atom stereocenters. The molecule has 0 amide bonds. The second kappa shape index (κ2) is 13.9. The van der Waals surface area contributed by atoms with Gasteiger partial charge in [-0.15, -0.1) is 0 Å². The van der Waals surface area contributed by atoms with Crippen LogP contribution in [0, 0.1) is 10.1 Å². The van der Waals surface area contributed by atoms with Crippen molar-refractivity contribution in [3.63, 3.8) is 0 Å². The largest absolute Gasteiger partial charge is 0.494 e. The van der Waals surface area contributed by atoms with E-state index in [1.54, 1.807) is 0 Å². The summed E-state index contributed by atoms with van der Waals surface area (Å²) in [4.78, 5) is 10.8. The Labute approximate surface area is 212 Å². The van der Waals surface area contributed by atoms with Crippen molar-refractivity contribution in [1.29, 1.82) is 0 Å². The van der Waals surface area contributed by atoms with Crippen molar-refractivity contribution in [1.82, 2.24) is 4.31 Å². The third-order valence-corrected chi connectivity index (χ3v) is 7.71. The summed E-state index contributed by atoms with van der Waals surface area (Å²) in [5, 5.41) is 15.7. The van der Waals surface area contributed by atoms with Gasteiger partial charge >= 0.3 is 0 Å². The second-order valence-corrected chi connectivity index (χ2v) is 10.4. The Morgan fingerprint density at radius 3 is 2.47 bits per heavy atom. The smallest absolute Gasteiger partial charge is 0.295 e. The summed E-state index contributed by atoms with van der Waals surface area (Å²) < 4.78 is 37.9. The van der Waals surface area contributed by atoms with Crippen LogP contribution in [0.2, 0.25) is 0 Å². The van der Waals surface area contributed by atoms with Crippen LogP contribution in [-0.4, -0.2) is 56.8 Å². The molecule has 1 N–H and O–H groups in total. The summed E-state index contributed by atoms with van der Waals surface area (Å²) in [7, 11) is -3.85. The van der Waals surface area contributed by atoms with E-state index in [1.807, 2.05) is 24.3 Å². The van der Waals surface area contributed by atoms with Crippen LogP contribution in [0.4, 0.5) is 11.4 Å². The van der Waals surface area contributed by atoms with E-state index in [0.29, 0.717) is 19.8 Å². The highest BCUT2D eigenvalue weighted by Crippen LogP contribution is 2.29. The van der Waals surface area contributed by atoms with Gasteiger partial charge in [0.15, 0.2) is 0 Å². The highest BCUT2D eigenvalue weighted by atomic mass is 32.2. The molecule has 0 bridgehead atoms. The molecule has 0 unspecified atom stereocenters. The highest BCUT2D eigenvalue weighted by Gasteiger charge is 2.28. The first kappa shape index (κ1) is 27.6. The van der Waals surface area contributed by atoms with Crippen molar-refractivity contribution in [2.45, 2.75) is 50.3 Å². The number of unbranched alkanes of at least 4 members (excludes halogenated alkanes) is 5. The Morgan fingerprint density at radius 1 is 1.08 bits per heavy atom.